The predicted molar refractivity (Wildman–Crippen MR) is 43.5 cm³/mol. The Hall–Kier alpha value is -1.32. The molecule has 0 atom stereocenters. The van der Waals surface area contributed by atoms with E-state index in [0.29, 0.717) is 0 Å². The fourth-order valence-corrected chi connectivity index (χ4v) is 1.23. The minimum atomic E-state index is 0.765. The second-order valence-electron chi connectivity index (χ2n) is 2.43. The summed E-state index contributed by atoms with van der Waals surface area (Å²) in [5.41, 5.74) is 2.15. The molecule has 2 N–H and O–H groups in total. The Kier molecular flexibility index (Phi) is 1.38. The maximum absolute atomic E-state index is 4.16. The number of nitrogens with one attached hydrogen (secondary N) is 2. The van der Waals surface area contributed by atoms with E-state index < -0.39 is 0 Å². The van der Waals surface area contributed by atoms with Gasteiger partial charge in [-0.1, -0.05) is 6.92 Å². The summed E-state index contributed by atoms with van der Waals surface area (Å²) in [6.07, 6.45) is 2.54. The second-order valence-corrected chi connectivity index (χ2v) is 2.43. The maximum Gasteiger partial charge on any atom is 0.154 e. The van der Waals surface area contributed by atoms with Crippen LogP contribution in [-0.2, 0) is 6.42 Å². The lowest BCUT2D eigenvalue weighted by Crippen LogP contribution is -2.00. The molecule has 0 saturated carbocycles. The third-order valence-corrected chi connectivity index (χ3v) is 1.78. The summed E-state index contributed by atoms with van der Waals surface area (Å²) in [6, 6.07) is 0. The lowest BCUT2D eigenvalue weighted by molar-refractivity contribution is 1.01. The summed E-state index contributed by atoms with van der Waals surface area (Å²) in [6.45, 7) is 2.85. The lowest BCUT2D eigenvalue weighted by atomic mass is 10.3. The standard InChI is InChI=1S/C7H10N4/c1-2-5-6-7(10-3-8-5)11-4-9-6/h3,9H,2,4H2,1H3,(H,8,10,11). The van der Waals surface area contributed by atoms with Gasteiger partial charge in [-0.25, -0.2) is 9.97 Å². The maximum atomic E-state index is 4.16. The lowest BCUT2D eigenvalue weighted by Gasteiger charge is -2.01. The van der Waals surface area contributed by atoms with Crippen LogP contribution in [0.1, 0.15) is 12.6 Å². The molecule has 58 valence electrons. The molecule has 0 saturated heterocycles. The number of anilines is 2. The zero-order valence-corrected chi connectivity index (χ0v) is 6.39. The normalized spacial score (nSPS) is 13.5. The van der Waals surface area contributed by atoms with Gasteiger partial charge in [0.15, 0.2) is 5.82 Å². The Morgan fingerprint density at radius 1 is 1.45 bits per heavy atom. The molecule has 2 rings (SSSR count). The van der Waals surface area contributed by atoms with Gasteiger partial charge in [0.05, 0.1) is 12.4 Å². The first-order valence-electron chi connectivity index (χ1n) is 3.73. The van der Waals surface area contributed by atoms with Crippen molar-refractivity contribution in [2.75, 3.05) is 17.3 Å². The molecule has 0 radical (unpaired) electrons. The third kappa shape index (κ3) is 0.906. The summed E-state index contributed by atoms with van der Waals surface area (Å²) >= 11 is 0. The van der Waals surface area contributed by atoms with Crippen LogP contribution in [0.4, 0.5) is 11.5 Å². The van der Waals surface area contributed by atoms with Crippen LogP contribution in [0.2, 0.25) is 0 Å². The Labute approximate surface area is 65.1 Å². The minimum absolute atomic E-state index is 0.765. The number of fused-ring (bicyclic) bond motifs is 1. The highest BCUT2D eigenvalue weighted by molar-refractivity contribution is 5.70. The van der Waals surface area contributed by atoms with Gasteiger partial charge >= 0.3 is 0 Å². The van der Waals surface area contributed by atoms with Gasteiger partial charge in [-0.2, -0.15) is 0 Å². The molecule has 1 aliphatic rings. The summed E-state index contributed by atoms with van der Waals surface area (Å²) in [5.74, 6) is 0.928. The van der Waals surface area contributed by atoms with Crippen molar-refractivity contribution in [1.29, 1.82) is 0 Å². The molecular formula is C7H10N4. The van der Waals surface area contributed by atoms with Crippen molar-refractivity contribution < 1.29 is 0 Å². The van der Waals surface area contributed by atoms with Crippen molar-refractivity contribution in [2.24, 2.45) is 0 Å². The molecule has 4 heteroatoms. The van der Waals surface area contributed by atoms with Crippen LogP contribution in [0, 0.1) is 0 Å². The predicted octanol–water partition coefficient (Wildman–Crippen LogP) is 0.834. The van der Waals surface area contributed by atoms with Crippen LogP contribution in [0.25, 0.3) is 0 Å². The Morgan fingerprint density at radius 3 is 3.18 bits per heavy atom. The van der Waals surface area contributed by atoms with Crippen molar-refractivity contribution in [2.45, 2.75) is 13.3 Å². The molecule has 2 heterocycles. The Balaban J connectivity index is 2.50. The zero-order valence-electron chi connectivity index (χ0n) is 6.39. The number of aromatic nitrogens is 2. The van der Waals surface area contributed by atoms with E-state index in [1.807, 2.05) is 0 Å². The minimum Gasteiger partial charge on any atom is -0.363 e. The van der Waals surface area contributed by atoms with Gasteiger partial charge in [-0.15, -0.1) is 0 Å². The van der Waals surface area contributed by atoms with Crippen molar-refractivity contribution in [1.82, 2.24) is 9.97 Å². The van der Waals surface area contributed by atoms with Crippen LogP contribution in [0.15, 0.2) is 6.33 Å². The van der Waals surface area contributed by atoms with Gasteiger partial charge in [0, 0.05) is 0 Å². The summed E-state index contributed by atoms with van der Waals surface area (Å²) in [4.78, 5) is 8.24. The molecule has 11 heavy (non-hydrogen) atoms. The van der Waals surface area contributed by atoms with Gasteiger partial charge < -0.3 is 10.6 Å². The van der Waals surface area contributed by atoms with Crippen molar-refractivity contribution >= 4 is 11.5 Å². The van der Waals surface area contributed by atoms with Gasteiger partial charge in [0.1, 0.15) is 12.0 Å². The fourth-order valence-electron chi connectivity index (χ4n) is 1.23. The molecule has 1 aromatic rings. The van der Waals surface area contributed by atoms with Crippen LogP contribution < -0.4 is 10.6 Å². The van der Waals surface area contributed by atoms with Crippen LogP contribution >= 0.6 is 0 Å². The molecule has 1 aromatic heterocycles. The molecule has 0 spiro atoms. The summed E-state index contributed by atoms with van der Waals surface area (Å²) < 4.78 is 0. The summed E-state index contributed by atoms with van der Waals surface area (Å²) in [5, 5.41) is 6.30. The second kappa shape index (κ2) is 2.38. The quantitative estimate of drug-likeness (QED) is 0.622. The average Bonchev–Trinajstić information content (AvgIpc) is 2.50. The third-order valence-electron chi connectivity index (χ3n) is 1.78. The highest BCUT2D eigenvalue weighted by atomic mass is 15.2. The molecule has 0 aromatic carbocycles. The number of nitrogens with zero attached hydrogens (tertiary/aromatic N) is 2. The van der Waals surface area contributed by atoms with E-state index >= 15 is 0 Å². The van der Waals surface area contributed by atoms with Crippen LogP contribution in [0.5, 0.6) is 0 Å². The SMILES string of the molecule is CCc1ncnc2c1NCN2. The van der Waals surface area contributed by atoms with E-state index in [0.717, 1.165) is 30.3 Å². The first-order valence-corrected chi connectivity index (χ1v) is 3.73. The van der Waals surface area contributed by atoms with E-state index in [4.69, 9.17) is 0 Å². The zero-order chi connectivity index (χ0) is 7.68. The largest absolute Gasteiger partial charge is 0.363 e. The van der Waals surface area contributed by atoms with E-state index in [1.54, 1.807) is 6.33 Å². The topological polar surface area (TPSA) is 49.8 Å². The summed E-state index contributed by atoms with van der Waals surface area (Å²) in [7, 11) is 0. The van der Waals surface area contributed by atoms with E-state index in [2.05, 4.69) is 27.5 Å². The van der Waals surface area contributed by atoms with Gasteiger partial charge in [-0.3, -0.25) is 0 Å². The van der Waals surface area contributed by atoms with E-state index in [-0.39, 0.29) is 0 Å². The molecule has 4 nitrogen and oxygen atoms in total. The van der Waals surface area contributed by atoms with Crippen molar-refractivity contribution in [3.8, 4) is 0 Å². The first kappa shape index (κ1) is 6.39. The van der Waals surface area contributed by atoms with Gasteiger partial charge in [0.25, 0.3) is 0 Å². The highest BCUT2D eigenvalue weighted by Gasteiger charge is 2.13. The monoisotopic (exact) mass is 150 g/mol. The van der Waals surface area contributed by atoms with Crippen LogP contribution in [0.3, 0.4) is 0 Å². The molecule has 0 aliphatic carbocycles. The molecule has 0 bridgehead atoms. The fraction of sp³-hybridized carbons (Fsp3) is 0.429. The molecule has 0 unspecified atom stereocenters. The Bertz CT molecular complexity index is 271. The number of hydrogen-bond donors (Lipinski definition) is 2. The smallest absolute Gasteiger partial charge is 0.154 e. The molecule has 0 amide bonds. The molecular weight excluding hydrogens is 140 g/mol. The highest BCUT2D eigenvalue weighted by Crippen LogP contribution is 2.25. The first-order chi connectivity index (χ1) is 5.42. The van der Waals surface area contributed by atoms with Crippen molar-refractivity contribution in [3.63, 3.8) is 0 Å². The Morgan fingerprint density at radius 2 is 2.36 bits per heavy atom. The van der Waals surface area contributed by atoms with Crippen molar-refractivity contribution in [3.05, 3.63) is 12.0 Å². The molecule has 0 fully saturated rings. The van der Waals surface area contributed by atoms with E-state index in [9.17, 15) is 0 Å². The average molecular weight is 150 g/mol. The van der Waals surface area contributed by atoms with Gasteiger partial charge in [0.2, 0.25) is 0 Å². The van der Waals surface area contributed by atoms with E-state index in [1.165, 1.54) is 0 Å². The number of aryl methyl sites for hydroxylation is 1. The number of hydrogen-bond acceptors (Lipinski definition) is 4. The van der Waals surface area contributed by atoms with Gasteiger partial charge in [-0.05, 0) is 6.42 Å². The number of rotatable bonds is 1. The molecule has 1 aliphatic heterocycles. The van der Waals surface area contributed by atoms with Crippen LogP contribution in [-0.4, -0.2) is 16.6 Å².